The Morgan fingerprint density at radius 3 is 2.24 bits per heavy atom. The Kier molecular flexibility index (Phi) is 7.74. The van der Waals surface area contributed by atoms with E-state index in [9.17, 15) is 0 Å². The molecule has 0 aliphatic heterocycles. The first-order valence-corrected chi connectivity index (χ1v) is 12.3. The van der Waals surface area contributed by atoms with Crippen molar-refractivity contribution < 1.29 is 4.74 Å². The van der Waals surface area contributed by atoms with Crippen molar-refractivity contribution in [2.45, 2.75) is 48.4 Å². The van der Waals surface area contributed by atoms with E-state index < -0.39 is 19.8 Å². The van der Waals surface area contributed by atoms with E-state index in [0.29, 0.717) is 0 Å². The number of hydrogen-bond donors (Lipinski definition) is 0. The molecule has 0 unspecified atom stereocenters. The van der Waals surface area contributed by atoms with Crippen LogP contribution in [0, 0.1) is 0 Å². The molecule has 0 aliphatic rings. The van der Waals surface area contributed by atoms with Crippen LogP contribution in [0.3, 0.4) is 0 Å². The van der Waals surface area contributed by atoms with Crippen molar-refractivity contribution in [1.29, 1.82) is 0 Å². The third-order valence-electron chi connectivity index (χ3n) is 3.14. The van der Waals surface area contributed by atoms with Crippen molar-refractivity contribution >= 4 is 23.3 Å². The van der Waals surface area contributed by atoms with Crippen LogP contribution in [0.5, 0.6) is 5.75 Å². The predicted octanol–water partition coefficient (Wildman–Crippen LogP) is 4.00. The van der Waals surface area contributed by atoms with Gasteiger partial charge in [0.15, 0.2) is 0 Å². The molecule has 0 heterocycles. The average molecular weight is 340 g/mol. The van der Waals surface area contributed by atoms with E-state index in [1.165, 1.54) is 34.6 Å². The molecule has 0 aromatic heterocycles. The summed E-state index contributed by atoms with van der Waals surface area (Å²) < 4.78 is 10.0. The van der Waals surface area contributed by atoms with Gasteiger partial charge in [0.25, 0.3) is 0 Å². The normalized spacial score (nSPS) is 10.8. The third-order valence-corrected chi connectivity index (χ3v) is 11.8. The molecule has 0 saturated carbocycles. The standard InChI is InChI=1S/C7H7O.2C4H9.Sn/c1-8-7-5-3-2-4-6-7;2*1-3-4-2;/h2-3,5-6H,1H3;2*1,3-4H2,2H3;. The van der Waals surface area contributed by atoms with E-state index in [0.717, 1.165) is 5.75 Å². The molecule has 95 valence electrons. The van der Waals surface area contributed by atoms with Gasteiger partial charge < -0.3 is 0 Å². The van der Waals surface area contributed by atoms with E-state index in [2.05, 4.69) is 38.1 Å². The molecular weight excluding hydrogens is 315 g/mol. The quantitative estimate of drug-likeness (QED) is 0.650. The topological polar surface area (TPSA) is 9.23 Å². The number of benzene rings is 1. The Morgan fingerprint density at radius 2 is 1.71 bits per heavy atom. The van der Waals surface area contributed by atoms with Gasteiger partial charge in [0.05, 0.1) is 0 Å². The van der Waals surface area contributed by atoms with Gasteiger partial charge in [-0.25, -0.2) is 0 Å². The minimum atomic E-state index is -1.36. The molecule has 0 aliphatic carbocycles. The van der Waals surface area contributed by atoms with Crippen molar-refractivity contribution in [1.82, 2.24) is 0 Å². The summed E-state index contributed by atoms with van der Waals surface area (Å²) in [6.45, 7) is 4.60. The van der Waals surface area contributed by atoms with Gasteiger partial charge in [-0.3, -0.25) is 0 Å². The van der Waals surface area contributed by atoms with Crippen LogP contribution in [0.4, 0.5) is 0 Å². The monoisotopic (exact) mass is 341 g/mol. The first kappa shape index (κ1) is 14.9. The molecule has 2 heteroatoms. The molecule has 1 aromatic rings. The van der Waals surface area contributed by atoms with Crippen molar-refractivity contribution in [3.8, 4) is 5.75 Å². The second kappa shape index (κ2) is 8.84. The van der Waals surface area contributed by atoms with Crippen molar-refractivity contribution in [3.05, 3.63) is 24.3 Å². The molecular formula is C15H25OSn. The third kappa shape index (κ3) is 5.32. The summed E-state index contributed by atoms with van der Waals surface area (Å²) in [6, 6.07) is 8.85. The van der Waals surface area contributed by atoms with E-state index in [4.69, 9.17) is 4.74 Å². The fourth-order valence-electron chi connectivity index (χ4n) is 2.04. The van der Waals surface area contributed by atoms with Gasteiger partial charge in [-0.15, -0.1) is 0 Å². The summed E-state index contributed by atoms with van der Waals surface area (Å²) in [6.07, 6.45) is 5.49. The molecule has 0 bridgehead atoms. The number of rotatable bonds is 8. The Labute approximate surface area is 113 Å². The molecule has 0 saturated heterocycles. The van der Waals surface area contributed by atoms with Crippen LogP contribution in [-0.4, -0.2) is 26.9 Å². The van der Waals surface area contributed by atoms with Crippen LogP contribution >= 0.6 is 0 Å². The van der Waals surface area contributed by atoms with Gasteiger partial charge in [0.2, 0.25) is 0 Å². The zero-order chi connectivity index (χ0) is 12.5. The van der Waals surface area contributed by atoms with Crippen molar-refractivity contribution in [2.24, 2.45) is 0 Å². The number of methoxy groups -OCH3 is 1. The first-order valence-electron chi connectivity index (χ1n) is 6.81. The fourth-order valence-corrected chi connectivity index (χ4v) is 10.8. The zero-order valence-corrected chi connectivity index (χ0v) is 14.3. The molecule has 0 spiro atoms. The van der Waals surface area contributed by atoms with Crippen LogP contribution in [0.25, 0.3) is 0 Å². The molecule has 0 N–H and O–H groups in total. The summed E-state index contributed by atoms with van der Waals surface area (Å²) >= 11 is -1.36. The van der Waals surface area contributed by atoms with Crippen LogP contribution in [0.15, 0.2) is 24.3 Å². The summed E-state index contributed by atoms with van der Waals surface area (Å²) in [7, 11) is 1.76. The maximum absolute atomic E-state index is 5.35. The second-order valence-corrected chi connectivity index (χ2v) is 12.5. The molecule has 0 atom stereocenters. The predicted molar refractivity (Wildman–Crippen MR) is 77.8 cm³/mol. The molecule has 1 rings (SSSR count). The van der Waals surface area contributed by atoms with Gasteiger partial charge in [-0.1, -0.05) is 0 Å². The summed E-state index contributed by atoms with van der Waals surface area (Å²) in [5.74, 6) is 1.04. The van der Waals surface area contributed by atoms with E-state index in [1.807, 2.05) is 0 Å². The maximum atomic E-state index is 5.35. The summed E-state index contributed by atoms with van der Waals surface area (Å²) in [5, 5.41) is 0. The van der Waals surface area contributed by atoms with Crippen LogP contribution in [0.1, 0.15) is 39.5 Å². The van der Waals surface area contributed by atoms with Gasteiger partial charge in [-0.2, -0.15) is 0 Å². The molecule has 0 fully saturated rings. The number of hydrogen-bond acceptors (Lipinski definition) is 1. The second-order valence-electron chi connectivity index (χ2n) is 4.54. The first-order chi connectivity index (χ1) is 8.31. The summed E-state index contributed by atoms with van der Waals surface area (Å²) in [5.41, 5.74) is 0. The zero-order valence-electron chi connectivity index (χ0n) is 11.5. The van der Waals surface area contributed by atoms with Crippen molar-refractivity contribution in [2.75, 3.05) is 7.11 Å². The molecule has 0 amide bonds. The van der Waals surface area contributed by atoms with Gasteiger partial charge >= 0.3 is 114 Å². The Hall–Kier alpha value is -0.181. The summed E-state index contributed by atoms with van der Waals surface area (Å²) in [4.78, 5) is 0. The Balaban J connectivity index is 2.71. The number of unbranched alkanes of at least 4 members (excludes halogenated alkanes) is 2. The average Bonchev–Trinajstić information content (AvgIpc) is 2.39. The van der Waals surface area contributed by atoms with Crippen LogP contribution in [0.2, 0.25) is 8.87 Å². The molecule has 1 aromatic carbocycles. The Morgan fingerprint density at radius 1 is 1.06 bits per heavy atom. The van der Waals surface area contributed by atoms with Crippen LogP contribution < -0.4 is 8.32 Å². The Bertz CT molecular complexity index is 304. The van der Waals surface area contributed by atoms with E-state index >= 15 is 0 Å². The molecule has 17 heavy (non-hydrogen) atoms. The SMILES string of the molecule is CCC[CH2][Sn]([CH2]CCC)[c]1cccc(OC)c1. The van der Waals surface area contributed by atoms with Crippen LogP contribution in [-0.2, 0) is 0 Å². The van der Waals surface area contributed by atoms with Crippen molar-refractivity contribution in [3.63, 3.8) is 0 Å². The number of ether oxygens (including phenoxy) is 1. The minimum absolute atomic E-state index is 1.04. The molecule has 1 radical (unpaired) electrons. The van der Waals surface area contributed by atoms with Gasteiger partial charge in [-0.05, 0) is 0 Å². The fraction of sp³-hybridized carbons (Fsp3) is 0.600. The van der Waals surface area contributed by atoms with Gasteiger partial charge in [0.1, 0.15) is 0 Å². The van der Waals surface area contributed by atoms with E-state index in [-0.39, 0.29) is 0 Å². The van der Waals surface area contributed by atoms with Gasteiger partial charge in [0, 0.05) is 0 Å². The molecule has 1 nitrogen and oxygen atoms in total. The van der Waals surface area contributed by atoms with E-state index in [1.54, 1.807) is 10.7 Å².